The van der Waals surface area contributed by atoms with Gasteiger partial charge in [0.2, 0.25) is 0 Å². The third-order valence-electron chi connectivity index (χ3n) is 2.17. The standard InChI is InChI=1S/C15H10N/c1-2-13-8-10-14(11-9-13)12-16-15-6-4-3-5-7-15/h3-12H/q-1. The minimum Gasteiger partial charge on any atom is -0.366 e. The van der Waals surface area contributed by atoms with E-state index in [1.165, 1.54) is 0 Å². The monoisotopic (exact) mass is 204 g/mol. The highest BCUT2D eigenvalue weighted by Crippen LogP contribution is 2.10. The zero-order valence-corrected chi connectivity index (χ0v) is 8.72. The van der Waals surface area contributed by atoms with Crippen LogP contribution in [0.3, 0.4) is 0 Å². The lowest BCUT2D eigenvalue weighted by Gasteiger charge is -1.99. The Balaban J connectivity index is 2.15. The minimum atomic E-state index is 0.775. The van der Waals surface area contributed by atoms with Crippen LogP contribution in [0.2, 0.25) is 0 Å². The summed E-state index contributed by atoms with van der Waals surface area (Å²) in [6.45, 7) is 0. The molecule has 2 aromatic rings. The van der Waals surface area contributed by atoms with Crippen molar-refractivity contribution in [2.24, 2.45) is 4.99 Å². The van der Waals surface area contributed by atoms with Crippen molar-refractivity contribution in [1.82, 2.24) is 0 Å². The molecule has 0 atom stereocenters. The summed E-state index contributed by atoms with van der Waals surface area (Å²) in [5.74, 6) is 2.33. The largest absolute Gasteiger partial charge is 0.366 e. The molecule has 0 spiro atoms. The van der Waals surface area contributed by atoms with E-state index in [9.17, 15) is 0 Å². The highest BCUT2D eigenvalue weighted by Gasteiger charge is 1.86. The predicted octanol–water partition coefficient (Wildman–Crippen LogP) is 3.38. The molecule has 1 nitrogen and oxygen atoms in total. The Hall–Kier alpha value is -2.33. The van der Waals surface area contributed by atoms with Gasteiger partial charge in [-0.1, -0.05) is 30.3 Å². The van der Waals surface area contributed by atoms with Gasteiger partial charge in [0.05, 0.1) is 5.69 Å². The summed E-state index contributed by atoms with van der Waals surface area (Å²) in [5.41, 5.74) is 2.73. The Morgan fingerprint density at radius 3 is 2.25 bits per heavy atom. The van der Waals surface area contributed by atoms with Crippen molar-refractivity contribution in [3.05, 3.63) is 72.1 Å². The number of hydrogen-bond donors (Lipinski definition) is 0. The Kier molecular flexibility index (Phi) is 3.15. The van der Waals surface area contributed by atoms with Gasteiger partial charge in [0, 0.05) is 6.21 Å². The molecule has 0 fully saturated rings. The van der Waals surface area contributed by atoms with Crippen LogP contribution >= 0.6 is 0 Å². The maximum Gasteiger partial charge on any atom is 0.0629 e. The van der Waals surface area contributed by atoms with Gasteiger partial charge in [-0.2, -0.15) is 0 Å². The van der Waals surface area contributed by atoms with E-state index in [2.05, 4.69) is 10.9 Å². The molecule has 0 amide bonds. The fraction of sp³-hybridized carbons (Fsp3) is 0. The lowest BCUT2D eigenvalue weighted by Crippen LogP contribution is -1.80. The van der Waals surface area contributed by atoms with E-state index in [-0.39, 0.29) is 0 Å². The van der Waals surface area contributed by atoms with Crippen molar-refractivity contribution in [2.45, 2.75) is 0 Å². The lowest BCUT2D eigenvalue weighted by atomic mass is 10.1. The Bertz CT molecular complexity index is 516. The van der Waals surface area contributed by atoms with Gasteiger partial charge in [0.25, 0.3) is 0 Å². The number of para-hydroxylation sites is 1. The predicted molar refractivity (Wildman–Crippen MR) is 66.4 cm³/mol. The summed E-state index contributed by atoms with van der Waals surface area (Å²) < 4.78 is 0. The molecule has 76 valence electrons. The molecule has 16 heavy (non-hydrogen) atoms. The van der Waals surface area contributed by atoms with Crippen LogP contribution in [-0.4, -0.2) is 6.21 Å². The molecule has 0 aliphatic carbocycles. The Labute approximate surface area is 95.5 Å². The molecular weight excluding hydrogens is 194 g/mol. The van der Waals surface area contributed by atoms with Crippen molar-refractivity contribution in [1.29, 1.82) is 0 Å². The quantitative estimate of drug-likeness (QED) is 0.404. The summed E-state index contributed by atoms with van der Waals surface area (Å²) in [6, 6.07) is 17.3. The minimum absolute atomic E-state index is 0.775. The molecule has 2 rings (SSSR count). The molecule has 0 radical (unpaired) electrons. The summed E-state index contributed by atoms with van der Waals surface area (Å²) in [7, 11) is 0. The van der Waals surface area contributed by atoms with Gasteiger partial charge in [-0.25, -0.2) is 0 Å². The maximum atomic E-state index is 6.97. The SMILES string of the molecule is [C-]#Cc1ccc(C=Nc2ccccc2)cc1. The van der Waals surface area contributed by atoms with Gasteiger partial charge in [-0.3, -0.25) is 10.9 Å². The first-order chi connectivity index (χ1) is 7.88. The number of nitrogens with zero attached hydrogens (tertiary/aromatic N) is 1. The zero-order valence-electron chi connectivity index (χ0n) is 8.72. The van der Waals surface area contributed by atoms with Crippen LogP contribution in [-0.2, 0) is 0 Å². The number of aliphatic imine (C=N–C) groups is 1. The van der Waals surface area contributed by atoms with Gasteiger partial charge in [0.15, 0.2) is 0 Å². The second-order valence-corrected chi connectivity index (χ2v) is 3.34. The molecule has 0 N–H and O–H groups in total. The van der Waals surface area contributed by atoms with Crippen LogP contribution in [0.5, 0.6) is 0 Å². The Morgan fingerprint density at radius 2 is 1.62 bits per heavy atom. The Morgan fingerprint density at radius 1 is 0.938 bits per heavy atom. The number of hydrogen-bond acceptors (Lipinski definition) is 1. The zero-order chi connectivity index (χ0) is 11.2. The highest BCUT2D eigenvalue weighted by atomic mass is 14.7. The second-order valence-electron chi connectivity index (χ2n) is 3.34. The van der Waals surface area contributed by atoms with E-state index in [0.29, 0.717) is 0 Å². The molecule has 2 aromatic carbocycles. The first kappa shape index (κ1) is 10.2. The average Bonchev–Trinajstić information content (AvgIpc) is 2.38. The van der Waals surface area contributed by atoms with Gasteiger partial charge >= 0.3 is 0 Å². The van der Waals surface area contributed by atoms with E-state index in [1.54, 1.807) is 0 Å². The summed E-state index contributed by atoms with van der Waals surface area (Å²) in [5, 5.41) is 0. The first-order valence-corrected chi connectivity index (χ1v) is 5.00. The molecule has 0 bridgehead atoms. The molecule has 1 heteroatoms. The maximum absolute atomic E-state index is 6.97. The van der Waals surface area contributed by atoms with Gasteiger partial charge in [0.1, 0.15) is 0 Å². The van der Waals surface area contributed by atoms with Crippen LogP contribution < -0.4 is 0 Å². The van der Waals surface area contributed by atoms with E-state index in [0.717, 1.165) is 16.8 Å². The fourth-order valence-corrected chi connectivity index (χ4v) is 1.32. The van der Waals surface area contributed by atoms with E-state index in [1.807, 2.05) is 60.8 Å². The first-order valence-electron chi connectivity index (χ1n) is 5.00. The smallest absolute Gasteiger partial charge is 0.0629 e. The number of benzene rings is 2. The molecule has 0 aliphatic rings. The molecular formula is C15H10N-. The van der Waals surface area contributed by atoms with Gasteiger partial charge in [-0.05, 0) is 17.7 Å². The lowest BCUT2D eigenvalue weighted by molar-refractivity contribution is 1.52. The van der Waals surface area contributed by atoms with Crippen molar-refractivity contribution < 1.29 is 0 Å². The van der Waals surface area contributed by atoms with Crippen LogP contribution in [0.25, 0.3) is 0 Å². The average molecular weight is 204 g/mol. The summed E-state index contributed by atoms with van der Waals surface area (Å²) >= 11 is 0. The molecule has 0 heterocycles. The van der Waals surface area contributed by atoms with Crippen molar-refractivity contribution in [3.8, 4) is 5.92 Å². The molecule has 0 aromatic heterocycles. The van der Waals surface area contributed by atoms with Crippen molar-refractivity contribution in [3.63, 3.8) is 0 Å². The molecule has 0 unspecified atom stereocenters. The van der Waals surface area contributed by atoms with Crippen LogP contribution in [0.1, 0.15) is 11.1 Å². The summed E-state index contributed by atoms with van der Waals surface area (Å²) in [4.78, 5) is 4.34. The van der Waals surface area contributed by atoms with Crippen LogP contribution in [0.4, 0.5) is 5.69 Å². The van der Waals surface area contributed by atoms with Crippen molar-refractivity contribution in [2.75, 3.05) is 0 Å². The second kappa shape index (κ2) is 4.95. The molecule has 0 saturated carbocycles. The normalized spacial score (nSPS) is 10.2. The fourth-order valence-electron chi connectivity index (χ4n) is 1.32. The highest BCUT2D eigenvalue weighted by molar-refractivity contribution is 5.82. The van der Waals surface area contributed by atoms with Crippen LogP contribution in [0.15, 0.2) is 59.6 Å². The van der Waals surface area contributed by atoms with E-state index < -0.39 is 0 Å². The summed E-state index contributed by atoms with van der Waals surface area (Å²) in [6.07, 6.45) is 8.78. The van der Waals surface area contributed by atoms with Crippen molar-refractivity contribution >= 4 is 11.9 Å². The van der Waals surface area contributed by atoms with E-state index >= 15 is 0 Å². The topological polar surface area (TPSA) is 12.4 Å². The third-order valence-corrected chi connectivity index (χ3v) is 2.17. The molecule has 0 saturated heterocycles. The third kappa shape index (κ3) is 2.59. The molecule has 0 aliphatic heterocycles. The van der Waals surface area contributed by atoms with E-state index in [4.69, 9.17) is 6.42 Å². The van der Waals surface area contributed by atoms with Crippen LogP contribution in [0, 0.1) is 12.3 Å². The number of rotatable bonds is 2. The van der Waals surface area contributed by atoms with Gasteiger partial charge in [-0.15, -0.1) is 17.7 Å². The van der Waals surface area contributed by atoms with Gasteiger partial charge < -0.3 is 6.42 Å².